The Morgan fingerprint density at radius 3 is 2.62 bits per heavy atom. The van der Waals surface area contributed by atoms with Crippen molar-refractivity contribution in [3.8, 4) is 0 Å². The quantitative estimate of drug-likeness (QED) is 0.671. The van der Waals surface area contributed by atoms with E-state index in [4.69, 9.17) is 10.3 Å². The van der Waals surface area contributed by atoms with Gasteiger partial charge in [-0.15, -0.1) is 0 Å². The average molecular weight is 336 g/mol. The smallest absolute Gasteiger partial charge is 0.224 e. The van der Waals surface area contributed by atoms with Gasteiger partial charge in [-0.2, -0.15) is 0 Å². The first-order chi connectivity index (χ1) is 11.5. The summed E-state index contributed by atoms with van der Waals surface area (Å²) in [6.07, 6.45) is 5.70. The molecule has 0 aliphatic heterocycles. The second-order valence-corrected chi connectivity index (χ2v) is 7.00. The molecular formula is C17H28N4O3. The monoisotopic (exact) mass is 336 g/mol. The van der Waals surface area contributed by atoms with Gasteiger partial charge in [-0.25, -0.2) is 0 Å². The highest BCUT2D eigenvalue weighted by molar-refractivity contribution is 5.87. The predicted molar refractivity (Wildman–Crippen MR) is 91.0 cm³/mol. The number of aromatic nitrogens is 1. The third-order valence-corrected chi connectivity index (χ3v) is 4.54. The third kappa shape index (κ3) is 5.25. The fourth-order valence-electron chi connectivity index (χ4n) is 3.39. The first-order valence-corrected chi connectivity index (χ1v) is 8.71. The highest BCUT2D eigenvalue weighted by Gasteiger charge is 2.35. The molecule has 1 aromatic heterocycles. The molecule has 0 bridgehead atoms. The van der Waals surface area contributed by atoms with Gasteiger partial charge in [0.25, 0.3) is 0 Å². The van der Waals surface area contributed by atoms with Crippen molar-refractivity contribution in [2.24, 2.45) is 23.5 Å². The molecule has 7 nitrogen and oxygen atoms in total. The number of nitrogens with zero attached hydrogens (tertiary/aromatic N) is 1. The Labute approximate surface area is 142 Å². The lowest BCUT2D eigenvalue weighted by Crippen LogP contribution is -2.47. The van der Waals surface area contributed by atoms with Crippen LogP contribution in [0.25, 0.3) is 0 Å². The molecule has 2 amide bonds. The molecule has 7 heteroatoms. The Morgan fingerprint density at radius 2 is 2.04 bits per heavy atom. The summed E-state index contributed by atoms with van der Waals surface area (Å²) >= 11 is 0. The van der Waals surface area contributed by atoms with Crippen LogP contribution in [0.3, 0.4) is 0 Å². The van der Waals surface area contributed by atoms with E-state index in [0.717, 1.165) is 25.7 Å². The molecule has 24 heavy (non-hydrogen) atoms. The van der Waals surface area contributed by atoms with E-state index in [-0.39, 0.29) is 29.7 Å². The summed E-state index contributed by atoms with van der Waals surface area (Å²) in [4.78, 5) is 24.3. The Balaban J connectivity index is 1.95. The highest BCUT2D eigenvalue weighted by atomic mass is 16.5. The Kier molecular flexibility index (Phi) is 6.63. The van der Waals surface area contributed by atoms with Crippen LogP contribution >= 0.6 is 0 Å². The summed E-state index contributed by atoms with van der Waals surface area (Å²) in [6.45, 7) is 4.79. The van der Waals surface area contributed by atoms with E-state index in [9.17, 15) is 9.59 Å². The van der Waals surface area contributed by atoms with Crippen LogP contribution in [-0.4, -0.2) is 29.6 Å². The number of nitrogens with two attached hydrogens (primary N) is 1. The number of carbonyl (C=O) groups is 2. The molecule has 0 aromatic carbocycles. The van der Waals surface area contributed by atoms with E-state index in [1.165, 1.54) is 6.26 Å². The number of anilines is 1. The van der Waals surface area contributed by atoms with Crippen molar-refractivity contribution in [2.45, 2.75) is 52.0 Å². The van der Waals surface area contributed by atoms with Crippen molar-refractivity contribution >= 4 is 17.6 Å². The largest absolute Gasteiger partial charge is 0.369 e. The van der Waals surface area contributed by atoms with Gasteiger partial charge in [-0.05, 0) is 25.2 Å². The lowest BCUT2D eigenvalue weighted by molar-refractivity contribution is -0.135. The SMILES string of the molecule is CC(C)C[C@@H](CNc1ccon1)NC(=O)[C@@H]1CCCC[C@@H]1C(N)=O. The van der Waals surface area contributed by atoms with Gasteiger partial charge >= 0.3 is 0 Å². The summed E-state index contributed by atoms with van der Waals surface area (Å²) in [5, 5.41) is 10.1. The van der Waals surface area contributed by atoms with Crippen LogP contribution in [0.5, 0.6) is 0 Å². The van der Waals surface area contributed by atoms with Gasteiger partial charge in [0.15, 0.2) is 5.82 Å². The number of carbonyl (C=O) groups excluding carboxylic acids is 2. The molecule has 0 unspecified atom stereocenters. The second kappa shape index (κ2) is 8.70. The maximum absolute atomic E-state index is 12.7. The second-order valence-electron chi connectivity index (χ2n) is 7.00. The van der Waals surface area contributed by atoms with E-state index in [1.807, 2.05) is 0 Å². The molecule has 3 atom stereocenters. The van der Waals surface area contributed by atoms with Crippen molar-refractivity contribution in [3.05, 3.63) is 12.3 Å². The highest BCUT2D eigenvalue weighted by Crippen LogP contribution is 2.30. The fraction of sp³-hybridized carbons (Fsp3) is 0.706. The molecule has 2 rings (SSSR count). The van der Waals surface area contributed by atoms with Crippen LogP contribution in [0.4, 0.5) is 5.82 Å². The van der Waals surface area contributed by atoms with Crippen LogP contribution in [0, 0.1) is 17.8 Å². The molecule has 0 saturated heterocycles. The van der Waals surface area contributed by atoms with Crippen LogP contribution in [0.1, 0.15) is 46.0 Å². The maximum Gasteiger partial charge on any atom is 0.224 e. The third-order valence-electron chi connectivity index (χ3n) is 4.54. The van der Waals surface area contributed by atoms with E-state index in [2.05, 4.69) is 29.6 Å². The lowest BCUT2D eigenvalue weighted by atomic mass is 9.78. The van der Waals surface area contributed by atoms with Gasteiger partial charge in [0, 0.05) is 30.5 Å². The minimum atomic E-state index is -0.365. The molecule has 0 spiro atoms. The van der Waals surface area contributed by atoms with E-state index < -0.39 is 0 Å². The molecule has 0 radical (unpaired) electrons. The zero-order valence-electron chi connectivity index (χ0n) is 14.5. The first-order valence-electron chi connectivity index (χ1n) is 8.71. The van der Waals surface area contributed by atoms with Crippen LogP contribution in [0.15, 0.2) is 16.9 Å². The topological polar surface area (TPSA) is 110 Å². The minimum absolute atomic E-state index is 0.0374. The zero-order chi connectivity index (χ0) is 17.5. The predicted octanol–water partition coefficient (Wildman–Crippen LogP) is 1.91. The van der Waals surface area contributed by atoms with E-state index in [1.54, 1.807) is 6.07 Å². The molecule has 134 valence electrons. The molecule has 1 saturated carbocycles. The van der Waals surface area contributed by atoms with Gasteiger partial charge in [0.2, 0.25) is 11.8 Å². The number of hydrogen-bond acceptors (Lipinski definition) is 5. The minimum Gasteiger partial charge on any atom is -0.369 e. The molecule has 1 aliphatic carbocycles. The van der Waals surface area contributed by atoms with Gasteiger partial charge in [-0.1, -0.05) is 31.8 Å². The normalized spacial score (nSPS) is 22.1. The van der Waals surface area contributed by atoms with Crippen molar-refractivity contribution in [1.82, 2.24) is 10.5 Å². The van der Waals surface area contributed by atoms with E-state index in [0.29, 0.717) is 24.7 Å². The Hall–Kier alpha value is -2.05. The number of amides is 2. The summed E-state index contributed by atoms with van der Waals surface area (Å²) in [7, 11) is 0. The summed E-state index contributed by atoms with van der Waals surface area (Å²) in [5.74, 6) is 0.000354. The van der Waals surface area contributed by atoms with Crippen molar-refractivity contribution in [1.29, 1.82) is 0 Å². The molecule has 1 aliphatic rings. The molecule has 1 fully saturated rings. The van der Waals surface area contributed by atoms with Gasteiger partial charge in [0.1, 0.15) is 6.26 Å². The zero-order valence-corrected chi connectivity index (χ0v) is 14.5. The van der Waals surface area contributed by atoms with E-state index >= 15 is 0 Å². The average Bonchev–Trinajstić information content (AvgIpc) is 3.05. The Bertz CT molecular complexity index is 530. The van der Waals surface area contributed by atoms with Crippen molar-refractivity contribution in [3.63, 3.8) is 0 Å². The molecule has 4 N–H and O–H groups in total. The van der Waals surface area contributed by atoms with Crippen molar-refractivity contribution in [2.75, 3.05) is 11.9 Å². The van der Waals surface area contributed by atoms with Crippen molar-refractivity contribution < 1.29 is 14.1 Å². The number of primary amides is 1. The summed E-state index contributed by atoms with van der Waals surface area (Å²) < 4.78 is 4.79. The van der Waals surface area contributed by atoms with Crippen LogP contribution < -0.4 is 16.4 Å². The van der Waals surface area contributed by atoms with Crippen LogP contribution in [-0.2, 0) is 9.59 Å². The van der Waals surface area contributed by atoms with Crippen LogP contribution in [0.2, 0.25) is 0 Å². The molecule has 1 heterocycles. The maximum atomic E-state index is 12.7. The number of rotatable bonds is 8. The Morgan fingerprint density at radius 1 is 1.33 bits per heavy atom. The molecule has 1 aromatic rings. The fourth-order valence-corrected chi connectivity index (χ4v) is 3.39. The summed E-state index contributed by atoms with van der Waals surface area (Å²) in [6, 6.07) is 1.70. The standard InChI is InChI=1S/C17H28N4O3/c1-11(2)9-12(10-19-15-7-8-24-21-15)20-17(23)14-6-4-3-5-13(14)16(18)22/h7-8,11-14H,3-6,9-10H2,1-2H3,(H2,18,22)(H,19,21)(H,20,23)/t12-,13-,14+/m0/s1. The van der Waals surface area contributed by atoms with Gasteiger partial charge in [-0.3, -0.25) is 9.59 Å². The lowest BCUT2D eigenvalue weighted by Gasteiger charge is -2.30. The number of nitrogens with one attached hydrogen (secondary N) is 2. The summed E-state index contributed by atoms with van der Waals surface area (Å²) in [5.41, 5.74) is 5.48. The van der Waals surface area contributed by atoms with Gasteiger partial charge < -0.3 is 20.9 Å². The first kappa shape index (κ1) is 18.3. The molecular weight excluding hydrogens is 308 g/mol. The van der Waals surface area contributed by atoms with Gasteiger partial charge in [0.05, 0.1) is 0 Å². The number of hydrogen-bond donors (Lipinski definition) is 3.